The first-order chi connectivity index (χ1) is 19.2. The van der Waals surface area contributed by atoms with Crippen molar-refractivity contribution in [1.82, 2.24) is 10.2 Å². The van der Waals surface area contributed by atoms with E-state index in [2.05, 4.69) is 21.2 Å². The molecule has 0 bridgehead atoms. The molecule has 3 aromatic carbocycles. The average Bonchev–Trinajstić information content (AvgIpc) is 2.90. The summed E-state index contributed by atoms with van der Waals surface area (Å²) in [6.45, 7) is 9.03. The third-order valence-electron chi connectivity index (χ3n) is 6.02. The summed E-state index contributed by atoms with van der Waals surface area (Å²) in [4.78, 5) is 28.6. The third-order valence-corrected chi connectivity index (χ3v) is 8.56. The number of hydrogen-bond acceptors (Lipinski definition) is 5. The summed E-state index contributed by atoms with van der Waals surface area (Å²) in [7, 11) is -4.20. The van der Waals surface area contributed by atoms with Gasteiger partial charge < -0.3 is 15.0 Å². The van der Waals surface area contributed by atoms with Crippen molar-refractivity contribution in [3.63, 3.8) is 0 Å². The first kappa shape index (κ1) is 32.4. The van der Waals surface area contributed by atoms with Crippen LogP contribution in [0.15, 0.2) is 82.2 Å². The second-order valence-corrected chi connectivity index (χ2v) is 13.7. The zero-order valence-corrected chi connectivity index (χ0v) is 26.9. The number of anilines is 1. The predicted molar refractivity (Wildman–Crippen MR) is 166 cm³/mol. The van der Waals surface area contributed by atoms with Crippen LogP contribution in [0.3, 0.4) is 0 Å². The van der Waals surface area contributed by atoms with Crippen molar-refractivity contribution in [1.29, 1.82) is 0 Å². The van der Waals surface area contributed by atoms with Crippen LogP contribution in [-0.4, -0.2) is 49.9 Å². The lowest BCUT2D eigenvalue weighted by Crippen LogP contribution is -2.54. The van der Waals surface area contributed by atoms with Gasteiger partial charge in [0.1, 0.15) is 18.3 Å². The van der Waals surface area contributed by atoms with E-state index in [1.807, 2.05) is 52.0 Å². The molecule has 0 aliphatic heterocycles. The molecule has 1 atom stereocenters. The zero-order chi connectivity index (χ0) is 30.4. The average molecular weight is 665 g/mol. The molecule has 0 radical (unpaired) electrons. The highest BCUT2D eigenvalue weighted by atomic mass is 79.9. The third kappa shape index (κ3) is 8.95. The van der Waals surface area contributed by atoms with E-state index in [1.54, 1.807) is 31.2 Å². The molecule has 0 aliphatic carbocycles. The number of rotatable bonds is 11. The van der Waals surface area contributed by atoms with Gasteiger partial charge >= 0.3 is 0 Å². The molecule has 11 heteroatoms. The number of hydrogen-bond donors (Lipinski definition) is 1. The number of nitrogens with one attached hydrogen (secondary N) is 1. The smallest absolute Gasteiger partial charge is 0.264 e. The number of ether oxygens (including phenoxy) is 1. The number of carbonyl (C=O) groups excluding carboxylic acids is 2. The summed E-state index contributed by atoms with van der Waals surface area (Å²) in [6.07, 6.45) is 0. The molecule has 0 aliphatic rings. The Morgan fingerprint density at radius 2 is 1.66 bits per heavy atom. The topological polar surface area (TPSA) is 96.0 Å². The predicted octanol–water partition coefficient (Wildman–Crippen LogP) is 6.03. The van der Waals surface area contributed by atoms with Crippen LogP contribution in [-0.2, 0) is 26.2 Å². The second kappa shape index (κ2) is 13.7. The Labute approximate surface area is 255 Å². The second-order valence-electron chi connectivity index (χ2n) is 10.5. The maximum Gasteiger partial charge on any atom is 0.264 e. The van der Waals surface area contributed by atoms with E-state index in [0.29, 0.717) is 17.4 Å². The Bertz CT molecular complexity index is 1460. The van der Waals surface area contributed by atoms with Gasteiger partial charge in [-0.15, -0.1) is 0 Å². The van der Waals surface area contributed by atoms with Crippen LogP contribution in [0.2, 0.25) is 5.02 Å². The highest BCUT2D eigenvalue weighted by molar-refractivity contribution is 9.10. The molecule has 2 amide bonds. The van der Waals surface area contributed by atoms with Gasteiger partial charge in [0.05, 0.1) is 17.2 Å². The van der Waals surface area contributed by atoms with Crippen molar-refractivity contribution < 1.29 is 22.7 Å². The molecule has 220 valence electrons. The van der Waals surface area contributed by atoms with Crippen LogP contribution in [0.25, 0.3) is 0 Å². The molecule has 0 unspecified atom stereocenters. The number of carbonyl (C=O) groups is 2. The van der Waals surface area contributed by atoms with Crippen molar-refractivity contribution >= 4 is 55.1 Å². The van der Waals surface area contributed by atoms with Crippen LogP contribution < -0.4 is 14.4 Å². The quantitative estimate of drug-likeness (QED) is 0.270. The van der Waals surface area contributed by atoms with E-state index in [1.165, 1.54) is 29.2 Å². The number of amides is 2. The Hall–Kier alpha value is -3.08. The van der Waals surface area contributed by atoms with Crippen molar-refractivity contribution in [2.24, 2.45) is 0 Å². The molecule has 0 saturated heterocycles. The van der Waals surface area contributed by atoms with Gasteiger partial charge in [0.15, 0.2) is 0 Å². The largest absolute Gasteiger partial charge is 0.494 e. The lowest BCUT2D eigenvalue weighted by Gasteiger charge is -2.33. The molecular weight excluding hydrogens is 630 g/mol. The van der Waals surface area contributed by atoms with E-state index in [-0.39, 0.29) is 23.0 Å². The van der Waals surface area contributed by atoms with Gasteiger partial charge in [-0.2, -0.15) is 0 Å². The lowest BCUT2D eigenvalue weighted by atomic mass is 10.1. The number of benzene rings is 3. The Morgan fingerprint density at radius 3 is 2.22 bits per heavy atom. The van der Waals surface area contributed by atoms with Crippen molar-refractivity contribution in [3.05, 3.63) is 87.9 Å². The number of nitrogens with zero attached hydrogens (tertiary/aromatic N) is 2. The van der Waals surface area contributed by atoms with E-state index in [0.717, 1.165) is 14.3 Å². The van der Waals surface area contributed by atoms with Crippen LogP contribution in [0, 0.1) is 0 Å². The molecule has 3 rings (SSSR count). The minimum Gasteiger partial charge on any atom is -0.494 e. The van der Waals surface area contributed by atoms with Crippen LogP contribution >= 0.6 is 27.5 Å². The molecule has 0 aromatic heterocycles. The fraction of sp³-hybridized carbons (Fsp3) is 0.333. The normalized spacial score (nSPS) is 12.4. The Kier molecular flexibility index (Phi) is 10.9. The zero-order valence-electron chi connectivity index (χ0n) is 23.7. The van der Waals surface area contributed by atoms with Crippen molar-refractivity contribution in [2.75, 3.05) is 17.5 Å². The molecular formula is C30H35BrClN3O5S. The van der Waals surface area contributed by atoms with Crippen LogP contribution in [0.4, 0.5) is 5.69 Å². The Balaban J connectivity index is 2.04. The summed E-state index contributed by atoms with van der Waals surface area (Å²) < 4.78 is 35.2. The summed E-state index contributed by atoms with van der Waals surface area (Å²) >= 11 is 9.46. The molecule has 1 N–H and O–H groups in total. The molecule has 0 heterocycles. The maximum absolute atomic E-state index is 14.0. The van der Waals surface area contributed by atoms with Gasteiger partial charge in [0, 0.05) is 21.6 Å². The van der Waals surface area contributed by atoms with E-state index < -0.39 is 34.1 Å². The summed E-state index contributed by atoms with van der Waals surface area (Å²) in [5, 5.41) is 3.30. The van der Waals surface area contributed by atoms with Gasteiger partial charge in [-0.25, -0.2) is 8.42 Å². The van der Waals surface area contributed by atoms with Crippen molar-refractivity contribution in [2.45, 2.75) is 57.6 Å². The van der Waals surface area contributed by atoms with Crippen molar-refractivity contribution in [3.8, 4) is 5.75 Å². The van der Waals surface area contributed by atoms with Gasteiger partial charge in [-0.05, 0) is 101 Å². The van der Waals surface area contributed by atoms with Gasteiger partial charge in [0.25, 0.3) is 10.0 Å². The number of sulfonamides is 1. The highest BCUT2D eigenvalue weighted by Crippen LogP contribution is 2.27. The Morgan fingerprint density at radius 1 is 1.02 bits per heavy atom. The standard InChI is InChI=1S/C30H35BrClN3O5S/c1-6-40-26-14-12-25(13-15-26)35(41(38,39)27-16-10-24(32)11-17-27)20-28(36)34(19-22-8-7-9-23(31)18-22)21(2)29(37)33-30(3,4)5/h7-18,21H,6,19-20H2,1-5H3,(H,33,37)/t21-/m1/s1. The summed E-state index contributed by atoms with van der Waals surface area (Å²) in [6, 6.07) is 18.7. The van der Waals surface area contributed by atoms with Crippen LogP contribution in [0.5, 0.6) is 5.75 Å². The molecule has 8 nitrogen and oxygen atoms in total. The van der Waals surface area contributed by atoms with Gasteiger partial charge in [-0.3, -0.25) is 13.9 Å². The fourth-order valence-electron chi connectivity index (χ4n) is 4.03. The first-order valence-electron chi connectivity index (χ1n) is 13.1. The molecule has 0 spiro atoms. The van der Waals surface area contributed by atoms with E-state index >= 15 is 0 Å². The monoisotopic (exact) mass is 663 g/mol. The number of halogens is 2. The minimum atomic E-state index is -4.20. The maximum atomic E-state index is 14.0. The fourth-order valence-corrected chi connectivity index (χ4v) is 6.01. The van der Waals surface area contributed by atoms with Crippen LogP contribution in [0.1, 0.15) is 40.2 Å². The summed E-state index contributed by atoms with van der Waals surface area (Å²) in [5.74, 6) is -0.336. The van der Waals surface area contributed by atoms with E-state index in [9.17, 15) is 18.0 Å². The first-order valence-corrected chi connectivity index (χ1v) is 15.7. The minimum absolute atomic E-state index is 0.0272. The summed E-state index contributed by atoms with van der Waals surface area (Å²) in [5.41, 5.74) is 0.518. The molecule has 3 aromatic rings. The molecule has 41 heavy (non-hydrogen) atoms. The van der Waals surface area contributed by atoms with Gasteiger partial charge in [0.2, 0.25) is 11.8 Å². The molecule has 0 saturated carbocycles. The lowest BCUT2D eigenvalue weighted by molar-refractivity contribution is -0.140. The molecule has 0 fully saturated rings. The van der Waals surface area contributed by atoms with E-state index in [4.69, 9.17) is 16.3 Å². The SMILES string of the molecule is CCOc1ccc(N(CC(=O)N(Cc2cccc(Br)c2)[C@H](C)C(=O)NC(C)(C)C)S(=O)(=O)c2ccc(Cl)cc2)cc1. The van der Waals surface area contributed by atoms with Gasteiger partial charge in [-0.1, -0.05) is 39.7 Å². The highest BCUT2D eigenvalue weighted by Gasteiger charge is 2.33.